The molecule has 2 unspecified atom stereocenters. The highest BCUT2D eigenvalue weighted by Gasteiger charge is 2.30. The van der Waals surface area contributed by atoms with Crippen molar-refractivity contribution < 1.29 is 18.0 Å². The Morgan fingerprint density at radius 1 is 1.65 bits per heavy atom. The highest BCUT2D eigenvalue weighted by Crippen LogP contribution is 2.11. The lowest BCUT2D eigenvalue weighted by molar-refractivity contribution is -0.132. The number of carbonyl (C=O) groups is 1. The van der Waals surface area contributed by atoms with Gasteiger partial charge in [-0.15, -0.1) is 11.3 Å². The van der Waals surface area contributed by atoms with Crippen LogP contribution in [-0.4, -0.2) is 44.2 Å². The molecule has 0 aliphatic carbocycles. The molecular weight excluding hydrogens is 300 g/mol. The summed E-state index contributed by atoms with van der Waals surface area (Å²) in [6.07, 6.45) is 1.24. The third-order valence-electron chi connectivity index (χ3n) is 2.89. The molecule has 1 amide bonds. The quantitative estimate of drug-likeness (QED) is 0.643. The number of oxime groups is 1. The van der Waals surface area contributed by atoms with E-state index in [0.717, 1.165) is 4.88 Å². The van der Waals surface area contributed by atoms with Gasteiger partial charge in [0.2, 0.25) is 6.10 Å². The van der Waals surface area contributed by atoms with Crippen molar-refractivity contribution in [3.8, 4) is 0 Å². The first kappa shape index (κ1) is 15.0. The van der Waals surface area contributed by atoms with Crippen molar-refractivity contribution in [3.63, 3.8) is 0 Å². The zero-order valence-corrected chi connectivity index (χ0v) is 12.6. The maximum absolute atomic E-state index is 11.8. The van der Waals surface area contributed by atoms with Crippen LogP contribution in [0.2, 0.25) is 0 Å². The highest BCUT2D eigenvalue weighted by molar-refractivity contribution is 7.91. The molecule has 0 spiro atoms. The smallest absolute Gasteiger partial charge is 0.263 e. The van der Waals surface area contributed by atoms with Gasteiger partial charge in [0.15, 0.2) is 9.84 Å². The Hall–Kier alpha value is -1.41. The zero-order valence-electron chi connectivity index (χ0n) is 11.0. The number of rotatable bonds is 5. The summed E-state index contributed by atoms with van der Waals surface area (Å²) in [5, 5.41) is 8.32. The molecule has 20 heavy (non-hydrogen) atoms. The van der Waals surface area contributed by atoms with E-state index in [4.69, 9.17) is 4.84 Å². The van der Waals surface area contributed by atoms with Gasteiger partial charge in [-0.05, 0) is 24.8 Å². The average Bonchev–Trinajstić information content (AvgIpc) is 2.99. The number of hydrogen-bond acceptors (Lipinski definition) is 6. The predicted molar refractivity (Wildman–Crippen MR) is 77.7 cm³/mol. The van der Waals surface area contributed by atoms with Crippen LogP contribution in [-0.2, 0) is 19.5 Å². The summed E-state index contributed by atoms with van der Waals surface area (Å²) in [7, 11) is -3.00. The lowest BCUT2D eigenvalue weighted by Crippen LogP contribution is -2.41. The molecule has 1 aromatic rings. The minimum atomic E-state index is -3.00. The Labute approximate surface area is 121 Å². The lowest BCUT2D eigenvalue weighted by atomic mass is 10.2. The molecule has 0 saturated carbocycles. The van der Waals surface area contributed by atoms with Crippen LogP contribution in [0.3, 0.4) is 0 Å². The summed E-state index contributed by atoms with van der Waals surface area (Å²) in [5.41, 5.74) is 0. The molecule has 1 N–H and O–H groups in total. The highest BCUT2D eigenvalue weighted by atomic mass is 32.2. The molecule has 1 fully saturated rings. The van der Waals surface area contributed by atoms with E-state index in [1.165, 1.54) is 17.6 Å². The van der Waals surface area contributed by atoms with Gasteiger partial charge in [0.25, 0.3) is 5.91 Å². The summed E-state index contributed by atoms with van der Waals surface area (Å²) in [5.74, 6) is -0.219. The topological polar surface area (TPSA) is 84.8 Å². The van der Waals surface area contributed by atoms with Gasteiger partial charge in [-0.2, -0.15) is 0 Å². The third-order valence-corrected chi connectivity index (χ3v) is 5.46. The van der Waals surface area contributed by atoms with Gasteiger partial charge in [-0.1, -0.05) is 11.2 Å². The van der Waals surface area contributed by atoms with Crippen molar-refractivity contribution in [2.75, 3.05) is 11.5 Å². The molecule has 2 rings (SSSR count). The Kier molecular flexibility index (Phi) is 4.77. The molecule has 1 aromatic heterocycles. The molecule has 110 valence electrons. The molecule has 8 heteroatoms. The summed E-state index contributed by atoms with van der Waals surface area (Å²) < 4.78 is 22.6. The van der Waals surface area contributed by atoms with E-state index in [9.17, 15) is 13.2 Å². The van der Waals surface area contributed by atoms with E-state index < -0.39 is 15.9 Å². The van der Waals surface area contributed by atoms with Crippen molar-refractivity contribution in [1.82, 2.24) is 5.32 Å². The average molecular weight is 316 g/mol. The number of amides is 1. The molecule has 0 bridgehead atoms. The number of nitrogens with zero attached hydrogens (tertiary/aromatic N) is 1. The molecule has 0 radical (unpaired) electrons. The normalized spacial score (nSPS) is 22.8. The van der Waals surface area contributed by atoms with E-state index in [0.29, 0.717) is 6.42 Å². The fourth-order valence-corrected chi connectivity index (χ4v) is 4.06. The van der Waals surface area contributed by atoms with Crippen LogP contribution in [0.25, 0.3) is 0 Å². The van der Waals surface area contributed by atoms with E-state index in [-0.39, 0.29) is 23.5 Å². The first-order valence-corrected chi connectivity index (χ1v) is 8.90. The number of hydrogen-bond donors (Lipinski definition) is 1. The fraction of sp³-hybridized carbons (Fsp3) is 0.500. The first-order valence-electron chi connectivity index (χ1n) is 6.20. The minimum Gasteiger partial charge on any atom is -0.383 e. The summed E-state index contributed by atoms with van der Waals surface area (Å²) in [4.78, 5) is 17.8. The van der Waals surface area contributed by atoms with E-state index in [1.54, 1.807) is 6.92 Å². The summed E-state index contributed by atoms with van der Waals surface area (Å²) in [6.45, 7) is 1.57. The molecule has 6 nitrogen and oxygen atoms in total. The lowest BCUT2D eigenvalue weighted by Gasteiger charge is -2.14. The van der Waals surface area contributed by atoms with Crippen LogP contribution in [0.5, 0.6) is 0 Å². The Morgan fingerprint density at radius 3 is 3.05 bits per heavy atom. The summed E-state index contributed by atoms with van der Waals surface area (Å²) in [6, 6.07) is 3.45. The largest absolute Gasteiger partial charge is 0.383 e. The standard InChI is InChI=1S/C12H16N2O4S2/c1-9(18-13-7-11-3-2-5-19-11)12(15)14-10-4-6-20(16,17)8-10/h2-3,5,7,9-10H,4,6,8H2,1H3,(H,14,15)/b13-7+. The summed E-state index contributed by atoms with van der Waals surface area (Å²) >= 11 is 1.51. The van der Waals surface area contributed by atoms with Crippen LogP contribution >= 0.6 is 11.3 Å². The third kappa shape index (κ3) is 4.31. The van der Waals surface area contributed by atoms with Gasteiger partial charge in [0.05, 0.1) is 17.7 Å². The monoisotopic (exact) mass is 316 g/mol. The second kappa shape index (κ2) is 6.36. The predicted octanol–water partition coefficient (Wildman–Crippen LogP) is 0.790. The molecule has 0 aromatic carbocycles. The Bertz CT molecular complexity index is 581. The van der Waals surface area contributed by atoms with Crippen molar-refractivity contribution >= 4 is 33.3 Å². The van der Waals surface area contributed by atoms with Gasteiger partial charge in [0, 0.05) is 10.9 Å². The maximum Gasteiger partial charge on any atom is 0.263 e. The van der Waals surface area contributed by atoms with Crippen LogP contribution in [0.4, 0.5) is 0 Å². The van der Waals surface area contributed by atoms with Gasteiger partial charge >= 0.3 is 0 Å². The number of carbonyl (C=O) groups excluding carboxylic acids is 1. The minimum absolute atomic E-state index is 0.00389. The van der Waals surface area contributed by atoms with E-state index in [2.05, 4.69) is 10.5 Å². The number of sulfone groups is 1. The van der Waals surface area contributed by atoms with E-state index >= 15 is 0 Å². The van der Waals surface area contributed by atoms with Crippen molar-refractivity contribution in [2.24, 2.45) is 5.16 Å². The molecular formula is C12H16N2O4S2. The molecule has 1 aliphatic rings. The molecule has 1 aliphatic heterocycles. The van der Waals surface area contributed by atoms with Crippen LogP contribution in [0, 0.1) is 0 Å². The Balaban J connectivity index is 1.78. The van der Waals surface area contributed by atoms with Gasteiger partial charge < -0.3 is 10.2 Å². The number of nitrogens with one attached hydrogen (secondary N) is 1. The van der Waals surface area contributed by atoms with Crippen molar-refractivity contribution in [1.29, 1.82) is 0 Å². The second-order valence-electron chi connectivity index (χ2n) is 4.61. The molecule has 2 heterocycles. The van der Waals surface area contributed by atoms with Crippen LogP contribution in [0.1, 0.15) is 18.2 Å². The SMILES string of the molecule is CC(O/N=C/c1cccs1)C(=O)NC1CCS(=O)(=O)C1. The maximum atomic E-state index is 11.8. The van der Waals surface area contributed by atoms with Crippen LogP contribution in [0.15, 0.2) is 22.7 Å². The Morgan fingerprint density at radius 2 is 2.45 bits per heavy atom. The second-order valence-corrected chi connectivity index (χ2v) is 7.81. The number of thiophene rings is 1. The van der Waals surface area contributed by atoms with Gasteiger partial charge in [-0.25, -0.2) is 8.42 Å². The van der Waals surface area contributed by atoms with Crippen molar-refractivity contribution in [3.05, 3.63) is 22.4 Å². The van der Waals surface area contributed by atoms with Crippen molar-refractivity contribution in [2.45, 2.75) is 25.5 Å². The fourth-order valence-electron chi connectivity index (χ4n) is 1.81. The first-order chi connectivity index (χ1) is 9.46. The van der Waals surface area contributed by atoms with Gasteiger partial charge in [0.1, 0.15) is 0 Å². The van der Waals surface area contributed by atoms with Gasteiger partial charge in [-0.3, -0.25) is 4.79 Å². The van der Waals surface area contributed by atoms with Crippen LogP contribution < -0.4 is 5.32 Å². The zero-order chi connectivity index (χ0) is 14.6. The van der Waals surface area contributed by atoms with E-state index in [1.807, 2.05) is 17.5 Å². The molecule has 2 atom stereocenters. The molecule has 1 saturated heterocycles.